The highest BCUT2D eigenvalue weighted by Gasteiger charge is 2.07. The van der Waals surface area contributed by atoms with Gasteiger partial charge in [-0.1, -0.05) is 18.2 Å². The van der Waals surface area contributed by atoms with E-state index in [1.807, 2.05) is 0 Å². The molecule has 4 N–H and O–H groups in total. The van der Waals surface area contributed by atoms with E-state index in [0.29, 0.717) is 19.0 Å². The third kappa shape index (κ3) is 8.84. The van der Waals surface area contributed by atoms with Crippen LogP contribution in [0.3, 0.4) is 0 Å². The number of aliphatic imine (C=N–C) groups is 1. The molecule has 0 aliphatic rings. The Labute approximate surface area is 165 Å². The molecule has 1 aromatic carbocycles. The van der Waals surface area contributed by atoms with Gasteiger partial charge >= 0.3 is 0 Å². The van der Waals surface area contributed by atoms with Gasteiger partial charge in [-0.05, 0) is 17.7 Å². The summed E-state index contributed by atoms with van der Waals surface area (Å²) in [5.74, 6) is 0.376. The van der Waals surface area contributed by atoms with Crippen molar-refractivity contribution in [3.8, 4) is 0 Å². The van der Waals surface area contributed by atoms with Crippen molar-refractivity contribution in [2.24, 2.45) is 10.1 Å². The van der Waals surface area contributed by atoms with Gasteiger partial charge in [-0.15, -0.1) is 30.6 Å². The second-order valence-corrected chi connectivity index (χ2v) is 6.73. The Morgan fingerprint density at radius 1 is 1.28 bits per heavy atom. The Kier molecular flexibility index (Phi) is 10.3. The molecule has 0 spiro atoms. The number of guanidine groups is 1. The molecule has 0 bridgehead atoms. The minimum Gasteiger partial charge on any atom is -0.353 e. The first-order valence-corrected chi connectivity index (χ1v) is 8.73. The number of carbonyl (C=O) groups is 1. The molecule has 0 fully saturated rings. The van der Waals surface area contributed by atoms with Gasteiger partial charge < -0.3 is 15.5 Å². The lowest BCUT2D eigenvalue weighted by molar-refractivity contribution is -0.127. The molecule has 0 saturated carbocycles. The number of amides is 1. The van der Waals surface area contributed by atoms with Crippen LogP contribution in [0.2, 0.25) is 0 Å². The Bertz CT molecular complexity index is 702. The zero-order chi connectivity index (χ0) is 18.2. The maximum Gasteiger partial charge on any atom is 0.241 e. The number of hydrogen-bond donors (Lipinski definition) is 3. The molecule has 0 radical (unpaired) electrons. The lowest BCUT2D eigenvalue weighted by Gasteiger charge is -2.14. The van der Waals surface area contributed by atoms with E-state index in [9.17, 15) is 13.2 Å². The summed E-state index contributed by atoms with van der Waals surface area (Å²) < 4.78 is 22.4. The third-order valence-corrected chi connectivity index (χ3v) is 3.92. The van der Waals surface area contributed by atoms with Crippen molar-refractivity contribution in [1.29, 1.82) is 0 Å². The summed E-state index contributed by atoms with van der Waals surface area (Å²) in [7, 11) is -0.360. The number of hydrogen-bond acceptors (Lipinski definition) is 4. The topological polar surface area (TPSA) is 117 Å². The molecule has 0 saturated heterocycles. The van der Waals surface area contributed by atoms with Crippen molar-refractivity contribution >= 4 is 45.9 Å². The van der Waals surface area contributed by atoms with E-state index in [4.69, 9.17) is 5.14 Å². The van der Waals surface area contributed by atoms with Crippen LogP contribution >= 0.6 is 24.0 Å². The summed E-state index contributed by atoms with van der Waals surface area (Å²) >= 11 is 0. The molecule has 0 heterocycles. The largest absolute Gasteiger partial charge is 0.353 e. The van der Waals surface area contributed by atoms with Crippen molar-refractivity contribution in [2.45, 2.75) is 11.4 Å². The predicted molar refractivity (Wildman–Crippen MR) is 109 cm³/mol. The van der Waals surface area contributed by atoms with Crippen molar-refractivity contribution in [3.05, 3.63) is 42.5 Å². The summed E-state index contributed by atoms with van der Waals surface area (Å²) in [5.41, 5.74) is 0.807. The van der Waals surface area contributed by atoms with E-state index in [1.165, 1.54) is 17.0 Å². The van der Waals surface area contributed by atoms with Crippen molar-refractivity contribution in [1.82, 2.24) is 15.5 Å². The molecule has 0 atom stereocenters. The van der Waals surface area contributed by atoms with Gasteiger partial charge in [0.2, 0.25) is 15.9 Å². The monoisotopic (exact) mass is 481 g/mol. The van der Waals surface area contributed by atoms with Crippen LogP contribution in [-0.4, -0.2) is 52.4 Å². The van der Waals surface area contributed by atoms with Gasteiger partial charge in [0.1, 0.15) is 0 Å². The minimum atomic E-state index is -3.70. The van der Waals surface area contributed by atoms with Crippen LogP contribution in [0.25, 0.3) is 0 Å². The fourth-order valence-corrected chi connectivity index (χ4v) is 2.13. The maximum absolute atomic E-state index is 11.6. The Balaban J connectivity index is 0.00000576. The van der Waals surface area contributed by atoms with Crippen LogP contribution < -0.4 is 15.8 Å². The van der Waals surface area contributed by atoms with Crippen LogP contribution in [0.5, 0.6) is 0 Å². The first-order chi connectivity index (χ1) is 11.2. The number of primary sulfonamides is 1. The SMILES string of the molecule is C=CCNC(=NCc1ccc(S(N)(=O)=O)cc1)NCC(=O)N(C)C.I. The average molecular weight is 481 g/mol. The van der Waals surface area contributed by atoms with Gasteiger partial charge in [0.05, 0.1) is 18.0 Å². The Morgan fingerprint density at radius 2 is 1.88 bits per heavy atom. The second kappa shape index (κ2) is 11.1. The van der Waals surface area contributed by atoms with Gasteiger partial charge in [-0.2, -0.15) is 0 Å². The highest BCUT2D eigenvalue weighted by molar-refractivity contribution is 14.0. The first kappa shape index (κ1) is 23.3. The number of likely N-dealkylation sites (N-methyl/N-ethyl adjacent to an activating group) is 1. The average Bonchev–Trinajstić information content (AvgIpc) is 2.53. The molecule has 8 nitrogen and oxygen atoms in total. The summed E-state index contributed by atoms with van der Waals surface area (Å²) in [5, 5.41) is 11.0. The van der Waals surface area contributed by atoms with E-state index in [-0.39, 0.29) is 41.3 Å². The quantitative estimate of drug-likeness (QED) is 0.224. The van der Waals surface area contributed by atoms with Gasteiger partial charge in [0.25, 0.3) is 0 Å². The number of nitrogens with zero attached hydrogens (tertiary/aromatic N) is 2. The standard InChI is InChI=1S/C15H23N5O3S.HI/c1-4-9-17-15(19-11-14(21)20(2)3)18-10-12-5-7-13(8-6-12)24(16,22)23;/h4-8H,1,9-11H2,2-3H3,(H2,16,22,23)(H2,17,18,19);1H. The molecule has 0 aliphatic carbocycles. The number of rotatable bonds is 7. The van der Waals surface area contributed by atoms with Gasteiger partial charge in [0.15, 0.2) is 5.96 Å². The molecule has 140 valence electrons. The van der Waals surface area contributed by atoms with Crippen LogP contribution in [0.1, 0.15) is 5.56 Å². The van der Waals surface area contributed by atoms with E-state index in [0.717, 1.165) is 5.56 Å². The molecular weight excluding hydrogens is 457 g/mol. The summed E-state index contributed by atoms with van der Waals surface area (Å²) in [6.45, 7) is 4.53. The summed E-state index contributed by atoms with van der Waals surface area (Å²) in [4.78, 5) is 17.5. The van der Waals surface area contributed by atoms with Crippen molar-refractivity contribution < 1.29 is 13.2 Å². The molecule has 0 unspecified atom stereocenters. The van der Waals surface area contributed by atoms with Crippen molar-refractivity contribution in [3.63, 3.8) is 0 Å². The van der Waals surface area contributed by atoms with Gasteiger partial charge in [0, 0.05) is 20.6 Å². The summed E-state index contributed by atoms with van der Waals surface area (Å²) in [6, 6.07) is 6.14. The Morgan fingerprint density at radius 3 is 2.36 bits per heavy atom. The van der Waals surface area contributed by atoms with Crippen LogP contribution in [0.15, 0.2) is 46.8 Å². The van der Waals surface area contributed by atoms with Gasteiger partial charge in [-0.3, -0.25) is 4.79 Å². The smallest absolute Gasteiger partial charge is 0.241 e. The second-order valence-electron chi connectivity index (χ2n) is 5.17. The number of halogens is 1. The van der Waals surface area contributed by atoms with E-state index in [1.54, 1.807) is 32.3 Å². The molecule has 0 aromatic heterocycles. The van der Waals surface area contributed by atoms with Gasteiger partial charge in [-0.25, -0.2) is 18.5 Å². The highest BCUT2D eigenvalue weighted by atomic mass is 127. The minimum absolute atomic E-state index is 0. The number of sulfonamides is 1. The zero-order valence-corrected chi connectivity index (χ0v) is 17.4. The fraction of sp³-hybridized carbons (Fsp3) is 0.333. The highest BCUT2D eigenvalue weighted by Crippen LogP contribution is 2.09. The molecule has 1 aromatic rings. The lowest BCUT2D eigenvalue weighted by atomic mass is 10.2. The van der Waals surface area contributed by atoms with E-state index >= 15 is 0 Å². The maximum atomic E-state index is 11.6. The number of nitrogens with one attached hydrogen (secondary N) is 2. The molecule has 10 heteroatoms. The summed E-state index contributed by atoms with van der Waals surface area (Å²) in [6.07, 6.45) is 1.67. The molecule has 1 amide bonds. The number of carbonyl (C=O) groups excluding carboxylic acids is 1. The normalized spacial score (nSPS) is 11.2. The van der Waals surface area contributed by atoms with Crippen LogP contribution in [0, 0.1) is 0 Å². The van der Waals surface area contributed by atoms with Crippen LogP contribution in [-0.2, 0) is 21.4 Å². The fourth-order valence-electron chi connectivity index (χ4n) is 1.62. The molecule has 25 heavy (non-hydrogen) atoms. The van der Waals surface area contributed by atoms with Crippen LogP contribution in [0.4, 0.5) is 0 Å². The van der Waals surface area contributed by atoms with E-state index in [2.05, 4.69) is 22.2 Å². The predicted octanol–water partition coefficient (Wildman–Crippen LogP) is 0.261. The number of benzene rings is 1. The molecule has 1 rings (SSSR count). The number of nitrogens with two attached hydrogens (primary N) is 1. The molecule has 0 aliphatic heterocycles. The zero-order valence-electron chi connectivity index (χ0n) is 14.2. The van der Waals surface area contributed by atoms with Crippen molar-refractivity contribution in [2.75, 3.05) is 27.2 Å². The Hall–Kier alpha value is -1.66. The van der Waals surface area contributed by atoms with E-state index < -0.39 is 10.0 Å². The lowest BCUT2D eigenvalue weighted by Crippen LogP contribution is -2.43. The third-order valence-electron chi connectivity index (χ3n) is 2.99. The first-order valence-electron chi connectivity index (χ1n) is 7.19. The molecular formula is C15H24IN5O3S.